The van der Waals surface area contributed by atoms with Gasteiger partial charge in [-0.05, 0) is 49.2 Å². The van der Waals surface area contributed by atoms with Crippen molar-refractivity contribution in [3.05, 3.63) is 65.7 Å². The Hall–Kier alpha value is -3.28. The zero-order valence-electron chi connectivity index (χ0n) is 15.8. The lowest BCUT2D eigenvalue weighted by Crippen LogP contribution is -2.02. The van der Waals surface area contributed by atoms with Gasteiger partial charge in [0.2, 0.25) is 0 Å². The topological polar surface area (TPSA) is 72.3 Å². The number of rotatable bonds is 7. The molecule has 144 valence electrons. The van der Waals surface area contributed by atoms with Crippen molar-refractivity contribution in [3.8, 4) is 28.3 Å². The summed E-state index contributed by atoms with van der Waals surface area (Å²) in [6.45, 7) is 2.10. The maximum atomic E-state index is 14.3. The third-order valence-corrected chi connectivity index (χ3v) is 4.45. The van der Waals surface area contributed by atoms with Crippen LogP contribution in [0.15, 0.2) is 48.7 Å². The van der Waals surface area contributed by atoms with Crippen LogP contribution in [0.1, 0.15) is 35.8 Å². The monoisotopic (exact) mass is 380 g/mol. The molecule has 6 heteroatoms. The second kappa shape index (κ2) is 8.61. The molecule has 0 saturated heterocycles. The maximum Gasteiger partial charge on any atom is 0.338 e. The number of unbranched alkanes of at least 4 members (excludes halogenated alkanes) is 1. The highest BCUT2D eigenvalue weighted by Crippen LogP contribution is 2.31. The summed E-state index contributed by atoms with van der Waals surface area (Å²) in [7, 11) is 1.59. The fourth-order valence-corrected chi connectivity index (χ4v) is 2.90. The Kier molecular flexibility index (Phi) is 5.99. The minimum Gasteiger partial charge on any atom is -0.497 e. The van der Waals surface area contributed by atoms with Gasteiger partial charge in [0.1, 0.15) is 11.6 Å². The number of nitrogens with zero attached hydrogens (tertiary/aromatic N) is 2. The molecule has 2 aromatic carbocycles. The first-order chi connectivity index (χ1) is 13.5. The molecule has 0 aliphatic heterocycles. The van der Waals surface area contributed by atoms with Crippen LogP contribution in [0.2, 0.25) is 0 Å². The lowest BCUT2D eigenvalue weighted by atomic mass is 10.0. The minimum absolute atomic E-state index is 0.371. The second-order valence-electron chi connectivity index (χ2n) is 6.39. The molecule has 0 aliphatic rings. The van der Waals surface area contributed by atoms with Crippen molar-refractivity contribution in [2.75, 3.05) is 7.11 Å². The van der Waals surface area contributed by atoms with Crippen LogP contribution in [0.3, 0.4) is 0 Å². The molecule has 5 nitrogen and oxygen atoms in total. The van der Waals surface area contributed by atoms with Gasteiger partial charge in [-0.2, -0.15) is 0 Å². The largest absolute Gasteiger partial charge is 0.497 e. The van der Waals surface area contributed by atoms with Gasteiger partial charge >= 0.3 is 5.97 Å². The van der Waals surface area contributed by atoms with Crippen LogP contribution in [0, 0.1) is 5.82 Å². The molecule has 0 aliphatic carbocycles. The molecule has 0 radical (unpaired) electrons. The molecule has 0 unspecified atom stereocenters. The number of hydrogen-bond acceptors (Lipinski definition) is 4. The lowest BCUT2D eigenvalue weighted by Gasteiger charge is -2.12. The molecule has 28 heavy (non-hydrogen) atoms. The average molecular weight is 380 g/mol. The van der Waals surface area contributed by atoms with Crippen molar-refractivity contribution in [1.29, 1.82) is 0 Å². The van der Waals surface area contributed by atoms with E-state index in [2.05, 4.69) is 11.9 Å². The van der Waals surface area contributed by atoms with E-state index < -0.39 is 11.8 Å². The Morgan fingerprint density at radius 3 is 2.43 bits per heavy atom. The molecule has 1 N–H and O–H groups in total. The molecule has 3 aromatic rings. The van der Waals surface area contributed by atoms with Gasteiger partial charge in [0, 0.05) is 17.3 Å². The van der Waals surface area contributed by atoms with Crippen molar-refractivity contribution in [3.63, 3.8) is 0 Å². The zero-order chi connectivity index (χ0) is 20.1. The number of halogens is 1. The number of methoxy groups -OCH3 is 1. The van der Waals surface area contributed by atoms with Crippen LogP contribution >= 0.6 is 0 Å². The van der Waals surface area contributed by atoms with E-state index in [1.165, 1.54) is 12.1 Å². The highest BCUT2D eigenvalue weighted by Gasteiger charge is 2.16. The first-order valence-corrected chi connectivity index (χ1v) is 9.07. The van der Waals surface area contributed by atoms with Crippen molar-refractivity contribution < 1.29 is 19.0 Å². The number of ether oxygens (including phenoxy) is 1. The zero-order valence-corrected chi connectivity index (χ0v) is 15.8. The third kappa shape index (κ3) is 4.17. The van der Waals surface area contributed by atoms with E-state index in [0.29, 0.717) is 17.0 Å². The summed E-state index contributed by atoms with van der Waals surface area (Å²) in [6.07, 6.45) is 4.51. The summed E-state index contributed by atoms with van der Waals surface area (Å²) in [5.74, 6) is -1.39. The van der Waals surface area contributed by atoms with Crippen molar-refractivity contribution in [2.24, 2.45) is 0 Å². The Bertz CT molecular complexity index is 988. The first-order valence-electron chi connectivity index (χ1n) is 9.07. The van der Waals surface area contributed by atoms with E-state index in [9.17, 15) is 9.18 Å². The summed E-state index contributed by atoms with van der Waals surface area (Å²) in [6, 6.07) is 11.4. The van der Waals surface area contributed by atoms with E-state index >= 15 is 0 Å². The predicted octanol–water partition coefficient (Wildman–Crippen LogP) is 5.00. The highest BCUT2D eigenvalue weighted by molar-refractivity contribution is 5.89. The standard InChI is InChI=1S/C22H21FN2O3/c1-3-4-5-16-13-24-20(14-6-9-17(28-2)10-7-14)21(25-16)15-8-11-18(22(26)27)19(23)12-15/h6-13H,3-5H2,1-2H3,(H,26,27). The number of aryl methyl sites for hydroxylation is 1. The number of aromatic nitrogens is 2. The average Bonchev–Trinajstić information content (AvgIpc) is 2.71. The number of carboxylic acids is 1. The minimum atomic E-state index is -1.30. The molecule has 0 atom stereocenters. The van der Waals surface area contributed by atoms with Gasteiger partial charge < -0.3 is 9.84 Å². The Morgan fingerprint density at radius 1 is 1.11 bits per heavy atom. The number of carbonyl (C=O) groups is 1. The molecule has 0 spiro atoms. The van der Waals surface area contributed by atoms with E-state index in [4.69, 9.17) is 14.8 Å². The van der Waals surface area contributed by atoms with Crippen molar-refractivity contribution in [2.45, 2.75) is 26.2 Å². The van der Waals surface area contributed by atoms with Gasteiger partial charge in [0.15, 0.2) is 0 Å². The summed E-state index contributed by atoms with van der Waals surface area (Å²) in [5.41, 5.74) is 2.87. The molecule has 3 rings (SSSR count). The summed E-state index contributed by atoms with van der Waals surface area (Å²) < 4.78 is 19.5. The molecule has 0 saturated carbocycles. The van der Waals surface area contributed by atoms with Crippen LogP contribution in [-0.4, -0.2) is 28.2 Å². The molecule has 1 aromatic heterocycles. The SMILES string of the molecule is CCCCc1cnc(-c2ccc(OC)cc2)c(-c2ccc(C(=O)O)c(F)c2)n1. The number of hydrogen-bond donors (Lipinski definition) is 1. The number of benzene rings is 2. The van der Waals surface area contributed by atoms with Crippen molar-refractivity contribution >= 4 is 5.97 Å². The van der Waals surface area contributed by atoms with E-state index in [-0.39, 0.29) is 5.56 Å². The highest BCUT2D eigenvalue weighted by atomic mass is 19.1. The van der Waals surface area contributed by atoms with Gasteiger partial charge in [-0.25, -0.2) is 14.2 Å². The van der Waals surface area contributed by atoms with E-state index in [0.717, 1.165) is 36.3 Å². The Labute approximate surface area is 162 Å². The van der Waals surface area contributed by atoms with Crippen LogP contribution in [0.5, 0.6) is 5.75 Å². The Morgan fingerprint density at radius 2 is 1.82 bits per heavy atom. The van der Waals surface area contributed by atoms with Crippen LogP contribution < -0.4 is 4.74 Å². The van der Waals surface area contributed by atoms with Crippen LogP contribution in [0.25, 0.3) is 22.5 Å². The molecular weight excluding hydrogens is 359 g/mol. The van der Waals surface area contributed by atoms with Crippen LogP contribution in [-0.2, 0) is 6.42 Å². The van der Waals surface area contributed by atoms with Gasteiger partial charge in [0.05, 0.1) is 29.8 Å². The quantitative estimate of drug-likeness (QED) is 0.624. The van der Waals surface area contributed by atoms with Crippen LogP contribution in [0.4, 0.5) is 4.39 Å². The smallest absolute Gasteiger partial charge is 0.338 e. The first kappa shape index (κ1) is 19.5. The Balaban J connectivity index is 2.12. The fraction of sp³-hybridized carbons (Fsp3) is 0.227. The fourth-order valence-electron chi connectivity index (χ4n) is 2.90. The predicted molar refractivity (Wildman–Crippen MR) is 105 cm³/mol. The summed E-state index contributed by atoms with van der Waals surface area (Å²) in [4.78, 5) is 20.4. The molecule has 0 amide bonds. The molecule has 0 fully saturated rings. The second-order valence-corrected chi connectivity index (χ2v) is 6.39. The molecule has 1 heterocycles. The van der Waals surface area contributed by atoms with E-state index in [1.807, 2.05) is 24.3 Å². The third-order valence-electron chi connectivity index (χ3n) is 4.45. The molecule has 0 bridgehead atoms. The van der Waals surface area contributed by atoms with Crippen molar-refractivity contribution in [1.82, 2.24) is 9.97 Å². The summed E-state index contributed by atoms with van der Waals surface area (Å²) in [5, 5.41) is 9.07. The van der Waals surface area contributed by atoms with Gasteiger partial charge in [-0.1, -0.05) is 19.4 Å². The normalized spacial score (nSPS) is 10.7. The molecular formula is C22H21FN2O3. The number of carboxylic acid groups (broad SMARTS) is 1. The maximum absolute atomic E-state index is 14.3. The van der Waals surface area contributed by atoms with E-state index in [1.54, 1.807) is 19.4 Å². The van der Waals surface area contributed by atoms with Gasteiger partial charge in [-0.3, -0.25) is 4.98 Å². The number of aromatic carboxylic acids is 1. The van der Waals surface area contributed by atoms with Gasteiger partial charge in [0.25, 0.3) is 0 Å². The summed E-state index contributed by atoms with van der Waals surface area (Å²) >= 11 is 0. The lowest BCUT2D eigenvalue weighted by molar-refractivity contribution is 0.0692. The van der Waals surface area contributed by atoms with Gasteiger partial charge in [-0.15, -0.1) is 0 Å².